The Morgan fingerprint density at radius 3 is 2.61 bits per heavy atom. The standard InChI is InChI=1S/C28H35FN4O3/c1-2-30-26(35)24-10-4-20(17-31-24)19-5-11-25(23(29)16-19)32-14-3-12-28(18-32)13-15-33(27(28)36)21-6-8-22(34)9-7-21/h4-5,10-11,16-17,21-22,34H,2-3,6-9,12-15,18H2,1H3,(H,30,35)/t21?,22?,28-/m0/s1. The van der Waals surface area contributed by atoms with E-state index in [1.54, 1.807) is 24.4 Å². The van der Waals surface area contributed by atoms with Gasteiger partial charge in [0.15, 0.2) is 0 Å². The molecule has 5 rings (SSSR count). The number of nitrogens with zero attached hydrogens (tertiary/aromatic N) is 3. The number of piperidine rings is 1. The average Bonchev–Trinajstić information content (AvgIpc) is 3.19. The highest BCUT2D eigenvalue weighted by Crippen LogP contribution is 2.44. The molecule has 2 aliphatic heterocycles. The molecule has 1 spiro atoms. The van der Waals surface area contributed by atoms with E-state index in [0.717, 1.165) is 63.6 Å². The second kappa shape index (κ2) is 10.2. The summed E-state index contributed by atoms with van der Waals surface area (Å²) in [5.74, 6) is -0.337. The largest absolute Gasteiger partial charge is 0.393 e. The number of carbonyl (C=O) groups excluding carboxylic acids is 2. The molecule has 3 fully saturated rings. The Labute approximate surface area is 211 Å². The van der Waals surface area contributed by atoms with Gasteiger partial charge in [-0.3, -0.25) is 14.6 Å². The minimum Gasteiger partial charge on any atom is -0.393 e. The maximum atomic E-state index is 15.4. The normalized spacial score (nSPS) is 26.5. The zero-order valence-electron chi connectivity index (χ0n) is 20.9. The van der Waals surface area contributed by atoms with Crippen LogP contribution in [0.2, 0.25) is 0 Å². The first-order valence-electron chi connectivity index (χ1n) is 13.2. The molecule has 1 atom stereocenters. The molecule has 8 heteroatoms. The molecule has 192 valence electrons. The fraction of sp³-hybridized carbons (Fsp3) is 0.536. The maximum absolute atomic E-state index is 15.4. The Hall–Kier alpha value is -3.00. The van der Waals surface area contributed by atoms with Crippen LogP contribution >= 0.6 is 0 Å². The number of benzene rings is 1. The van der Waals surface area contributed by atoms with E-state index in [2.05, 4.69) is 10.3 Å². The third-order valence-electron chi connectivity index (χ3n) is 8.18. The van der Waals surface area contributed by atoms with Crippen molar-refractivity contribution in [2.75, 3.05) is 31.1 Å². The molecule has 0 bridgehead atoms. The number of hydrogen-bond donors (Lipinski definition) is 2. The molecule has 2 aromatic rings. The van der Waals surface area contributed by atoms with E-state index < -0.39 is 5.41 Å². The van der Waals surface area contributed by atoms with Crippen molar-refractivity contribution in [1.29, 1.82) is 0 Å². The number of nitrogens with one attached hydrogen (secondary N) is 1. The molecule has 2 N–H and O–H groups in total. The third kappa shape index (κ3) is 4.71. The van der Waals surface area contributed by atoms with Gasteiger partial charge < -0.3 is 20.2 Å². The van der Waals surface area contributed by atoms with Crippen LogP contribution in [-0.2, 0) is 4.79 Å². The summed E-state index contributed by atoms with van der Waals surface area (Å²) in [5, 5.41) is 12.6. The van der Waals surface area contributed by atoms with Crippen LogP contribution in [0, 0.1) is 11.2 Å². The molecule has 3 aliphatic rings. The zero-order chi connectivity index (χ0) is 25.3. The molecule has 1 saturated carbocycles. The highest BCUT2D eigenvalue weighted by Gasteiger charge is 2.50. The summed E-state index contributed by atoms with van der Waals surface area (Å²) < 4.78 is 15.4. The highest BCUT2D eigenvalue weighted by atomic mass is 19.1. The predicted molar refractivity (Wildman–Crippen MR) is 136 cm³/mol. The van der Waals surface area contributed by atoms with Crippen molar-refractivity contribution in [3.05, 3.63) is 48.0 Å². The Kier molecular flexibility index (Phi) is 6.97. The predicted octanol–water partition coefficient (Wildman–Crippen LogP) is 3.76. The number of likely N-dealkylation sites (tertiary alicyclic amines) is 1. The Morgan fingerprint density at radius 1 is 1.14 bits per heavy atom. The number of amides is 2. The molecular formula is C28H35FN4O3. The first kappa shape index (κ1) is 24.7. The number of aliphatic hydroxyl groups is 1. The van der Waals surface area contributed by atoms with E-state index >= 15 is 4.39 Å². The number of rotatable bonds is 5. The second-order valence-corrected chi connectivity index (χ2v) is 10.5. The number of aromatic nitrogens is 1. The molecular weight excluding hydrogens is 459 g/mol. The average molecular weight is 495 g/mol. The summed E-state index contributed by atoms with van der Waals surface area (Å²) in [6, 6.07) is 8.82. The number of halogens is 1. The van der Waals surface area contributed by atoms with Crippen molar-refractivity contribution in [1.82, 2.24) is 15.2 Å². The van der Waals surface area contributed by atoms with E-state index in [0.29, 0.717) is 30.0 Å². The van der Waals surface area contributed by atoms with Gasteiger partial charge in [0.1, 0.15) is 11.5 Å². The van der Waals surface area contributed by atoms with Crippen LogP contribution < -0.4 is 10.2 Å². The molecule has 7 nitrogen and oxygen atoms in total. The molecule has 0 unspecified atom stereocenters. The Morgan fingerprint density at radius 2 is 1.92 bits per heavy atom. The highest BCUT2D eigenvalue weighted by molar-refractivity contribution is 5.92. The van der Waals surface area contributed by atoms with Crippen LogP contribution in [-0.4, -0.2) is 65.1 Å². The van der Waals surface area contributed by atoms with Gasteiger partial charge in [0.2, 0.25) is 5.91 Å². The van der Waals surface area contributed by atoms with Gasteiger partial charge in [0.05, 0.1) is 17.2 Å². The fourth-order valence-corrected chi connectivity index (χ4v) is 6.17. The lowest BCUT2D eigenvalue weighted by Crippen LogP contribution is -2.50. The van der Waals surface area contributed by atoms with Crippen LogP contribution in [0.15, 0.2) is 36.5 Å². The van der Waals surface area contributed by atoms with E-state index in [4.69, 9.17) is 0 Å². The summed E-state index contributed by atoms with van der Waals surface area (Å²) in [4.78, 5) is 33.8. The quantitative estimate of drug-likeness (QED) is 0.661. The van der Waals surface area contributed by atoms with E-state index in [1.807, 2.05) is 22.8 Å². The molecule has 1 aromatic carbocycles. The van der Waals surface area contributed by atoms with Crippen molar-refractivity contribution in [2.45, 2.75) is 64.0 Å². The number of anilines is 1. The van der Waals surface area contributed by atoms with Gasteiger partial charge in [-0.1, -0.05) is 12.1 Å². The Balaban J connectivity index is 1.29. The number of carbonyl (C=O) groups is 2. The molecule has 0 radical (unpaired) electrons. The van der Waals surface area contributed by atoms with Gasteiger partial charge in [-0.15, -0.1) is 0 Å². The van der Waals surface area contributed by atoms with Crippen molar-refractivity contribution in [3.63, 3.8) is 0 Å². The number of hydrogen-bond acceptors (Lipinski definition) is 5. The van der Waals surface area contributed by atoms with Crippen molar-refractivity contribution in [2.24, 2.45) is 5.41 Å². The summed E-state index contributed by atoms with van der Waals surface area (Å²) >= 11 is 0. The Bertz CT molecular complexity index is 1120. The molecule has 2 saturated heterocycles. The van der Waals surface area contributed by atoms with Gasteiger partial charge >= 0.3 is 0 Å². The summed E-state index contributed by atoms with van der Waals surface area (Å²) in [6.45, 7) is 4.40. The first-order chi connectivity index (χ1) is 17.4. The number of aliphatic hydroxyl groups excluding tert-OH is 1. The lowest BCUT2D eigenvalue weighted by Gasteiger charge is -2.41. The summed E-state index contributed by atoms with van der Waals surface area (Å²) in [6.07, 6.45) is 7.11. The smallest absolute Gasteiger partial charge is 0.269 e. The van der Waals surface area contributed by atoms with Gasteiger partial charge in [-0.2, -0.15) is 0 Å². The van der Waals surface area contributed by atoms with Gasteiger partial charge in [0.25, 0.3) is 5.91 Å². The third-order valence-corrected chi connectivity index (χ3v) is 8.18. The van der Waals surface area contributed by atoms with Gasteiger partial charge in [-0.05, 0) is 75.6 Å². The zero-order valence-corrected chi connectivity index (χ0v) is 20.9. The van der Waals surface area contributed by atoms with Crippen molar-refractivity contribution < 1.29 is 19.1 Å². The van der Waals surface area contributed by atoms with Crippen LogP contribution in [0.3, 0.4) is 0 Å². The van der Waals surface area contributed by atoms with Gasteiger partial charge in [0, 0.05) is 44.0 Å². The first-order valence-corrected chi connectivity index (χ1v) is 13.2. The minimum atomic E-state index is -0.446. The fourth-order valence-electron chi connectivity index (χ4n) is 6.17. The molecule has 1 aromatic heterocycles. The van der Waals surface area contributed by atoms with E-state index in [-0.39, 0.29) is 29.8 Å². The summed E-state index contributed by atoms with van der Waals surface area (Å²) in [5.41, 5.74) is 1.84. The van der Waals surface area contributed by atoms with Crippen LogP contribution in [0.1, 0.15) is 62.4 Å². The van der Waals surface area contributed by atoms with Crippen molar-refractivity contribution in [3.8, 4) is 11.1 Å². The van der Waals surface area contributed by atoms with Gasteiger partial charge in [-0.25, -0.2) is 4.39 Å². The molecule has 1 aliphatic carbocycles. The minimum absolute atomic E-state index is 0.212. The molecule has 2 amide bonds. The van der Waals surface area contributed by atoms with Crippen molar-refractivity contribution >= 4 is 17.5 Å². The van der Waals surface area contributed by atoms with E-state index in [9.17, 15) is 14.7 Å². The molecule has 36 heavy (non-hydrogen) atoms. The summed E-state index contributed by atoms with van der Waals surface area (Å²) in [7, 11) is 0. The topological polar surface area (TPSA) is 85.8 Å². The molecule has 3 heterocycles. The lowest BCUT2D eigenvalue weighted by atomic mass is 9.78. The van der Waals surface area contributed by atoms with Crippen LogP contribution in [0.4, 0.5) is 10.1 Å². The van der Waals surface area contributed by atoms with Crippen LogP contribution in [0.25, 0.3) is 11.1 Å². The van der Waals surface area contributed by atoms with E-state index in [1.165, 1.54) is 6.07 Å². The lowest BCUT2D eigenvalue weighted by molar-refractivity contribution is -0.139. The monoisotopic (exact) mass is 494 g/mol. The maximum Gasteiger partial charge on any atom is 0.269 e. The SMILES string of the molecule is CCNC(=O)c1ccc(-c2ccc(N3CCC[C@]4(CCN(C5CCC(O)CC5)C4=O)C3)c(F)c2)cn1. The number of pyridine rings is 1. The second-order valence-electron chi connectivity index (χ2n) is 10.5. The van der Waals surface area contributed by atoms with Crippen LogP contribution in [0.5, 0.6) is 0 Å².